The molecule has 2 saturated carbocycles. The van der Waals surface area contributed by atoms with Crippen molar-refractivity contribution in [1.29, 1.82) is 0 Å². The fourth-order valence-electron chi connectivity index (χ4n) is 4.93. The Balaban J connectivity index is 0.00000300. The van der Waals surface area contributed by atoms with Crippen LogP contribution in [0.15, 0.2) is 12.3 Å². The Morgan fingerprint density at radius 2 is 2.10 bits per heavy atom. The summed E-state index contributed by atoms with van der Waals surface area (Å²) in [6.45, 7) is 3.92. The molecule has 0 radical (unpaired) electrons. The molecule has 1 aromatic rings. The Morgan fingerprint density at radius 1 is 1.38 bits per heavy atom. The lowest BCUT2D eigenvalue weighted by molar-refractivity contribution is 0.0681. The van der Waals surface area contributed by atoms with E-state index in [9.17, 15) is 9.90 Å². The van der Waals surface area contributed by atoms with Crippen LogP contribution < -0.4 is 10.6 Å². The van der Waals surface area contributed by atoms with E-state index < -0.39 is 0 Å². The van der Waals surface area contributed by atoms with Crippen LogP contribution in [0.4, 0.5) is 0 Å². The Hall–Kier alpha value is -1.17. The van der Waals surface area contributed by atoms with Crippen LogP contribution in [0.3, 0.4) is 0 Å². The van der Waals surface area contributed by atoms with E-state index in [-0.39, 0.29) is 19.4 Å². The highest BCUT2D eigenvalue weighted by atomic mass is 35.5. The summed E-state index contributed by atoms with van der Waals surface area (Å²) in [6, 6.07) is 1.83. The number of aryl methyl sites for hydroxylation is 1. The second kappa shape index (κ2) is 11.3. The molecular weight excluding hydrogens is 386 g/mol. The molecule has 2 aliphatic rings. The highest BCUT2D eigenvalue weighted by molar-refractivity contribution is 6.33. The third-order valence-corrected chi connectivity index (χ3v) is 6.67. The van der Waals surface area contributed by atoms with Gasteiger partial charge in [0.15, 0.2) is 0 Å². The van der Waals surface area contributed by atoms with Gasteiger partial charge in [0.05, 0.1) is 16.7 Å². The highest BCUT2D eigenvalue weighted by Crippen LogP contribution is 2.48. The topological polar surface area (TPSA) is 74.2 Å². The molecule has 6 heteroatoms. The fraction of sp³-hybridized carbons (Fsp3) is 0.739. The standard InChI is InChI=1S/C22H34ClN3O2.CH4/c1-16(27)13-24-10-4-7-18-11-19(20(23)14-25-18)21(28)26-15-22-8-2-5-17(12-22)6-3-9-22;/h11,14,16-17,24,27H,2-10,12-13,15H2,1H3,(H,26,28);1H4. The second-order valence-corrected chi connectivity index (χ2v) is 9.26. The van der Waals surface area contributed by atoms with Crippen LogP contribution in [0, 0.1) is 11.3 Å². The first-order valence-corrected chi connectivity index (χ1v) is 11.2. The maximum absolute atomic E-state index is 12.8. The lowest BCUT2D eigenvalue weighted by Gasteiger charge is -2.45. The van der Waals surface area contributed by atoms with Crippen LogP contribution in [0.2, 0.25) is 5.02 Å². The minimum absolute atomic E-state index is 0. The van der Waals surface area contributed by atoms with Gasteiger partial charge in [0.2, 0.25) is 0 Å². The molecule has 1 aromatic heterocycles. The van der Waals surface area contributed by atoms with E-state index in [0.29, 0.717) is 22.5 Å². The zero-order valence-electron chi connectivity index (χ0n) is 17.0. The number of nitrogens with one attached hydrogen (secondary N) is 2. The number of aromatic nitrogens is 1. The van der Waals surface area contributed by atoms with Gasteiger partial charge < -0.3 is 15.7 Å². The Labute approximate surface area is 181 Å². The number of amides is 1. The molecule has 1 amide bonds. The number of carbonyl (C=O) groups excluding carboxylic acids is 1. The van der Waals surface area contributed by atoms with Crippen LogP contribution in [0.1, 0.15) is 81.8 Å². The van der Waals surface area contributed by atoms with Gasteiger partial charge in [-0.3, -0.25) is 9.78 Å². The normalized spacial score (nSPS) is 24.4. The van der Waals surface area contributed by atoms with Crippen molar-refractivity contribution in [3.8, 4) is 0 Å². The Morgan fingerprint density at radius 3 is 2.79 bits per heavy atom. The zero-order valence-corrected chi connectivity index (χ0v) is 17.7. The number of aliphatic hydroxyl groups is 1. The number of carbonyl (C=O) groups is 1. The van der Waals surface area contributed by atoms with Gasteiger partial charge in [0.1, 0.15) is 0 Å². The van der Waals surface area contributed by atoms with E-state index in [0.717, 1.165) is 37.5 Å². The first-order chi connectivity index (χ1) is 13.5. The first-order valence-electron chi connectivity index (χ1n) is 10.8. The summed E-state index contributed by atoms with van der Waals surface area (Å²) in [5, 5.41) is 16.1. The van der Waals surface area contributed by atoms with Crippen LogP contribution in [-0.4, -0.2) is 41.7 Å². The molecule has 1 atom stereocenters. The van der Waals surface area contributed by atoms with Crippen LogP contribution in [0.25, 0.3) is 0 Å². The van der Waals surface area contributed by atoms with E-state index >= 15 is 0 Å². The predicted octanol–water partition coefficient (Wildman–Crippen LogP) is 4.36. The van der Waals surface area contributed by atoms with Crippen molar-refractivity contribution in [2.45, 2.75) is 78.2 Å². The second-order valence-electron chi connectivity index (χ2n) is 8.85. The van der Waals surface area contributed by atoms with Crippen LogP contribution in [-0.2, 0) is 6.42 Å². The van der Waals surface area contributed by atoms with Gasteiger partial charge in [-0.15, -0.1) is 0 Å². The summed E-state index contributed by atoms with van der Waals surface area (Å²) in [7, 11) is 0. The molecule has 3 rings (SSSR count). The molecule has 0 saturated heterocycles. The third-order valence-electron chi connectivity index (χ3n) is 6.37. The average molecular weight is 424 g/mol. The fourth-order valence-corrected chi connectivity index (χ4v) is 5.12. The molecule has 0 aliphatic heterocycles. The molecule has 0 spiro atoms. The molecule has 1 heterocycles. The SMILES string of the molecule is C.CC(O)CNCCCc1cc(C(=O)NCC23CCCC(CCC2)C3)c(Cl)cn1. The van der Waals surface area contributed by atoms with Crippen molar-refractivity contribution >= 4 is 17.5 Å². The smallest absolute Gasteiger partial charge is 0.252 e. The van der Waals surface area contributed by atoms with E-state index in [1.807, 2.05) is 6.07 Å². The summed E-state index contributed by atoms with van der Waals surface area (Å²) in [5.74, 6) is 0.779. The Kier molecular flexibility index (Phi) is 9.38. The number of rotatable bonds is 9. The van der Waals surface area contributed by atoms with Crippen molar-refractivity contribution in [1.82, 2.24) is 15.6 Å². The average Bonchev–Trinajstić information content (AvgIpc) is 2.67. The summed E-state index contributed by atoms with van der Waals surface area (Å²) >= 11 is 6.27. The van der Waals surface area contributed by atoms with Gasteiger partial charge >= 0.3 is 0 Å². The molecule has 5 nitrogen and oxygen atoms in total. The number of nitrogens with zero attached hydrogens (tertiary/aromatic N) is 1. The summed E-state index contributed by atoms with van der Waals surface area (Å²) in [5.41, 5.74) is 1.71. The van der Waals surface area contributed by atoms with Crippen molar-refractivity contribution in [3.05, 3.63) is 28.5 Å². The molecule has 0 aromatic carbocycles. The van der Waals surface area contributed by atoms with Gasteiger partial charge in [-0.1, -0.05) is 44.7 Å². The number of pyridine rings is 1. The van der Waals surface area contributed by atoms with E-state index in [2.05, 4.69) is 15.6 Å². The summed E-state index contributed by atoms with van der Waals surface area (Å²) < 4.78 is 0. The minimum atomic E-state index is -0.341. The van der Waals surface area contributed by atoms with E-state index in [1.54, 1.807) is 13.1 Å². The first kappa shape index (κ1) is 24.1. The quantitative estimate of drug-likeness (QED) is 0.516. The molecule has 1 unspecified atom stereocenters. The lowest BCUT2D eigenvalue weighted by atomic mass is 9.62. The number of hydrogen-bond acceptors (Lipinski definition) is 4. The van der Waals surface area contributed by atoms with E-state index in [1.165, 1.54) is 44.9 Å². The van der Waals surface area contributed by atoms with Gasteiger partial charge in [0, 0.05) is 25.0 Å². The molecule has 29 heavy (non-hydrogen) atoms. The number of halogens is 1. The van der Waals surface area contributed by atoms with Gasteiger partial charge in [-0.2, -0.15) is 0 Å². The van der Waals surface area contributed by atoms with Gasteiger partial charge in [-0.25, -0.2) is 0 Å². The highest BCUT2D eigenvalue weighted by Gasteiger charge is 2.39. The molecule has 2 aliphatic carbocycles. The minimum Gasteiger partial charge on any atom is -0.392 e. The predicted molar refractivity (Wildman–Crippen MR) is 119 cm³/mol. The van der Waals surface area contributed by atoms with Crippen molar-refractivity contribution in [2.24, 2.45) is 11.3 Å². The van der Waals surface area contributed by atoms with E-state index in [4.69, 9.17) is 11.6 Å². The van der Waals surface area contributed by atoms with Crippen LogP contribution >= 0.6 is 11.6 Å². The molecule has 164 valence electrons. The zero-order chi connectivity index (χ0) is 20.0. The summed E-state index contributed by atoms with van der Waals surface area (Å²) in [4.78, 5) is 17.2. The van der Waals surface area contributed by atoms with Crippen molar-refractivity contribution < 1.29 is 9.90 Å². The monoisotopic (exact) mass is 423 g/mol. The van der Waals surface area contributed by atoms with Gasteiger partial charge in [0.25, 0.3) is 5.91 Å². The number of hydrogen-bond donors (Lipinski definition) is 3. The lowest BCUT2D eigenvalue weighted by Crippen LogP contribution is -2.43. The molecule has 2 bridgehead atoms. The number of aliphatic hydroxyl groups excluding tert-OH is 1. The third kappa shape index (κ3) is 6.94. The molecule has 3 N–H and O–H groups in total. The maximum atomic E-state index is 12.8. The molecule has 2 fully saturated rings. The van der Waals surface area contributed by atoms with Crippen molar-refractivity contribution in [3.63, 3.8) is 0 Å². The van der Waals surface area contributed by atoms with Crippen LogP contribution in [0.5, 0.6) is 0 Å². The summed E-state index contributed by atoms with van der Waals surface area (Å²) in [6.07, 6.45) is 12.0. The molecular formula is C23H38ClN3O2. The largest absolute Gasteiger partial charge is 0.392 e. The van der Waals surface area contributed by atoms with Gasteiger partial charge in [-0.05, 0) is 63.0 Å². The van der Waals surface area contributed by atoms with Crippen molar-refractivity contribution in [2.75, 3.05) is 19.6 Å². The maximum Gasteiger partial charge on any atom is 0.252 e. The Bertz CT molecular complexity index is 656. The number of fused-ring (bicyclic) bond motifs is 2.